The third-order valence-corrected chi connectivity index (χ3v) is 1.97. The third kappa shape index (κ3) is 9.31. The van der Waals surface area contributed by atoms with Crippen LogP contribution in [0.1, 0.15) is 47.5 Å². The molecule has 14 heavy (non-hydrogen) atoms. The van der Waals surface area contributed by atoms with Gasteiger partial charge in [0.1, 0.15) is 0 Å². The summed E-state index contributed by atoms with van der Waals surface area (Å²) in [5.41, 5.74) is 2.87. The molecule has 0 amide bonds. The smallest absolute Gasteiger partial charge is 0.0285 e. The highest BCUT2D eigenvalue weighted by atomic mass is 13.9. The Morgan fingerprint density at radius 2 is 1.79 bits per heavy atom. The van der Waals surface area contributed by atoms with Crippen LogP contribution in [0.15, 0.2) is 35.5 Å². The quantitative estimate of drug-likeness (QED) is 0.429. The van der Waals surface area contributed by atoms with Crippen molar-refractivity contribution < 1.29 is 0 Å². The van der Waals surface area contributed by atoms with Gasteiger partial charge in [-0.3, -0.25) is 0 Å². The average Bonchev–Trinajstić information content (AvgIpc) is 2.02. The minimum atomic E-state index is 0.650. The predicted molar refractivity (Wildman–Crippen MR) is 66.4 cm³/mol. The van der Waals surface area contributed by atoms with Crippen LogP contribution in [-0.2, 0) is 0 Å². The molecule has 0 fully saturated rings. The van der Waals surface area contributed by atoms with Gasteiger partial charge >= 0.3 is 0 Å². The molecule has 0 aromatic rings. The van der Waals surface area contributed by atoms with Crippen molar-refractivity contribution in [2.75, 3.05) is 0 Å². The zero-order chi connectivity index (χ0) is 11.0. The van der Waals surface area contributed by atoms with Crippen molar-refractivity contribution in [1.82, 2.24) is 0 Å². The molecule has 80 valence electrons. The summed E-state index contributed by atoms with van der Waals surface area (Å²) in [5, 5.41) is 0. The van der Waals surface area contributed by atoms with E-state index in [1.54, 1.807) is 0 Å². The van der Waals surface area contributed by atoms with Gasteiger partial charge in [-0.2, -0.15) is 0 Å². The number of rotatable bonds is 5. The third-order valence-electron chi connectivity index (χ3n) is 1.97. The number of hydrogen-bond donors (Lipinski definition) is 0. The van der Waals surface area contributed by atoms with Crippen LogP contribution in [0, 0.1) is 5.92 Å². The highest BCUT2D eigenvalue weighted by Crippen LogP contribution is 2.07. The van der Waals surface area contributed by atoms with E-state index < -0.39 is 0 Å². The molecule has 0 saturated carbocycles. The van der Waals surface area contributed by atoms with Crippen LogP contribution in [0.3, 0.4) is 0 Å². The molecule has 0 bridgehead atoms. The summed E-state index contributed by atoms with van der Waals surface area (Å²) in [4.78, 5) is 0. The molecule has 0 aliphatic carbocycles. The Bertz CT molecular complexity index is 222. The largest absolute Gasteiger partial charge is 0.0856 e. The van der Waals surface area contributed by atoms with Crippen LogP contribution in [0.4, 0.5) is 0 Å². The SMILES string of the molecule is CC(C)=CCC/C(C)=C/C=C/C(C)C. The van der Waals surface area contributed by atoms with Gasteiger partial charge in [-0.1, -0.05) is 49.3 Å². The van der Waals surface area contributed by atoms with Crippen LogP contribution in [0.5, 0.6) is 0 Å². The van der Waals surface area contributed by atoms with E-state index in [-0.39, 0.29) is 0 Å². The van der Waals surface area contributed by atoms with E-state index in [2.05, 4.69) is 58.9 Å². The second-order valence-corrected chi connectivity index (χ2v) is 4.46. The van der Waals surface area contributed by atoms with Gasteiger partial charge in [0.25, 0.3) is 0 Å². The van der Waals surface area contributed by atoms with E-state index in [0.29, 0.717) is 5.92 Å². The average molecular weight is 192 g/mol. The van der Waals surface area contributed by atoms with E-state index in [9.17, 15) is 0 Å². The second-order valence-electron chi connectivity index (χ2n) is 4.46. The molecule has 0 spiro atoms. The highest BCUT2D eigenvalue weighted by molar-refractivity contribution is 5.11. The maximum absolute atomic E-state index is 2.30. The highest BCUT2D eigenvalue weighted by Gasteiger charge is 1.87. The molecule has 0 atom stereocenters. The second kappa shape index (κ2) is 7.61. The van der Waals surface area contributed by atoms with Gasteiger partial charge in [0.15, 0.2) is 0 Å². The van der Waals surface area contributed by atoms with Gasteiger partial charge in [-0.25, -0.2) is 0 Å². The number of allylic oxidation sites excluding steroid dienone is 6. The van der Waals surface area contributed by atoms with Crippen LogP contribution in [0.2, 0.25) is 0 Å². The van der Waals surface area contributed by atoms with Crippen LogP contribution >= 0.6 is 0 Å². The molecule has 0 saturated heterocycles. The van der Waals surface area contributed by atoms with Gasteiger partial charge in [-0.15, -0.1) is 0 Å². The first kappa shape index (κ1) is 13.2. The van der Waals surface area contributed by atoms with E-state index in [4.69, 9.17) is 0 Å². The van der Waals surface area contributed by atoms with Crippen LogP contribution < -0.4 is 0 Å². The minimum absolute atomic E-state index is 0.650. The standard InChI is InChI=1S/C14H24/c1-12(2)8-6-10-14(5)11-7-9-13(3)4/h6,8-10,12H,7,11H2,1-5H3/b8-6+,14-10+. The van der Waals surface area contributed by atoms with Crippen molar-refractivity contribution in [3.05, 3.63) is 35.5 Å². The maximum atomic E-state index is 2.30. The first-order valence-electron chi connectivity index (χ1n) is 5.49. The molecule has 0 unspecified atom stereocenters. The Hall–Kier alpha value is -0.780. The molecule has 0 radical (unpaired) electrons. The lowest BCUT2D eigenvalue weighted by atomic mass is 10.1. The maximum Gasteiger partial charge on any atom is -0.0285 e. The fraction of sp³-hybridized carbons (Fsp3) is 0.571. The monoisotopic (exact) mass is 192 g/mol. The lowest BCUT2D eigenvalue weighted by molar-refractivity contribution is 0.831. The molecular formula is C14H24. The molecule has 0 aliphatic heterocycles. The van der Waals surface area contributed by atoms with E-state index in [1.165, 1.54) is 24.0 Å². The zero-order valence-electron chi connectivity index (χ0n) is 10.3. The topological polar surface area (TPSA) is 0 Å². The van der Waals surface area contributed by atoms with Crippen molar-refractivity contribution >= 4 is 0 Å². The normalized spacial score (nSPS) is 12.6. The van der Waals surface area contributed by atoms with Crippen molar-refractivity contribution in [3.8, 4) is 0 Å². The molecule has 0 rings (SSSR count). The summed E-state index contributed by atoms with van der Waals surface area (Å²) in [6.45, 7) is 10.9. The van der Waals surface area contributed by atoms with Gasteiger partial charge in [0.05, 0.1) is 0 Å². The van der Waals surface area contributed by atoms with Gasteiger partial charge < -0.3 is 0 Å². The van der Waals surface area contributed by atoms with Crippen LogP contribution in [-0.4, -0.2) is 0 Å². The van der Waals surface area contributed by atoms with Crippen molar-refractivity contribution in [2.24, 2.45) is 5.92 Å². The molecular weight excluding hydrogens is 168 g/mol. The lowest BCUT2D eigenvalue weighted by Gasteiger charge is -1.97. The first-order valence-corrected chi connectivity index (χ1v) is 5.49. The van der Waals surface area contributed by atoms with Gasteiger partial charge in [0.2, 0.25) is 0 Å². The van der Waals surface area contributed by atoms with E-state index >= 15 is 0 Å². The van der Waals surface area contributed by atoms with Gasteiger partial charge in [0, 0.05) is 0 Å². The molecule has 0 heterocycles. The Labute approximate surface area is 89.4 Å². The Balaban J connectivity index is 3.84. The fourth-order valence-corrected chi connectivity index (χ4v) is 1.11. The molecule has 0 heteroatoms. The molecule has 0 aromatic carbocycles. The van der Waals surface area contributed by atoms with Crippen molar-refractivity contribution in [3.63, 3.8) is 0 Å². The predicted octanol–water partition coefficient (Wildman–Crippen LogP) is 4.89. The fourth-order valence-electron chi connectivity index (χ4n) is 1.11. The molecule has 0 nitrogen and oxygen atoms in total. The molecule has 0 aliphatic rings. The molecule has 0 N–H and O–H groups in total. The van der Waals surface area contributed by atoms with Crippen LogP contribution in [0.25, 0.3) is 0 Å². The minimum Gasteiger partial charge on any atom is -0.0856 e. The summed E-state index contributed by atoms with van der Waals surface area (Å²) < 4.78 is 0. The summed E-state index contributed by atoms with van der Waals surface area (Å²) in [6.07, 6.45) is 11.3. The first-order chi connectivity index (χ1) is 6.52. The molecule has 0 aromatic heterocycles. The van der Waals surface area contributed by atoms with E-state index in [1.807, 2.05) is 0 Å². The lowest BCUT2D eigenvalue weighted by Crippen LogP contribution is -1.78. The zero-order valence-corrected chi connectivity index (χ0v) is 10.3. The Kier molecular flexibility index (Phi) is 7.18. The summed E-state index contributed by atoms with van der Waals surface area (Å²) in [5.74, 6) is 0.650. The number of hydrogen-bond acceptors (Lipinski definition) is 0. The Morgan fingerprint density at radius 1 is 1.14 bits per heavy atom. The summed E-state index contributed by atoms with van der Waals surface area (Å²) in [7, 11) is 0. The summed E-state index contributed by atoms with van der Waals surface area (Å²) in [6, 6.07) is 0. The van der Waals surface area contributed by atoms with Crippen molar-refractivity contribution in [1.29, 1.82) is 0 Å². The van der Waals surface area contributed by atoms with Gasteiger partial charge in [-0.05, 0) is 39.5 Å². The van der Waals surface area contributed by atoms with Crippen molar-refractivity contribution in [2.45, 2.75) is 47.5 Å². The Morgan fingerprint density at radius 3 is 2.29 bits per heavy atom. The summed E-state index contributed by atoms with van der Waals surface area (Å²) >= 11 is 0. The van der Waals surface area contributed by atoms with E-state index in [0.717, 1.165) is 0 Å².